The van der Waals surface area contributed by atoms with Crippen molar-refractivity contribution < 1.29 is 14.0 Å². The molecular weight excluding hydrogens is 378 g/mol. The van der Waals surface area contributed by atoms with Crippen LogP contribution in [0.25, 0.3) is 0 Å². The number of carbonyl (C=O) groups excluding carboxylic acids is 2. The lowest BCUT2D eigenvalue weighted by atomic mass is 10.1. The van der Waals surface area contributed by atoms with Gasteiger partial charge in [0, 0.05) is 37.4 Å². The van der Waals surface area contributed by atoms with Gasteiger partial charge in [-0.05, 0) is 55.8 Å². The summed E-state index contributed by atoms with van der Waals surface area (Å²) in [5.41, 5.74) is 4.61. The fraction of sp³-hybridized carbons (Fsp3) is 0.250. The molecule has 2 heterocycles. The van der Waals surface area contributed by atoms with E-state index < -0.39 is 0 Å². The number of piperazine rings is 1. The van der Waals surface area contributed by atoms with Gasteiger partial charge in [0.05, 0.1) is 17.6 Å². The van der Waals surface area contributed by atoms with E-state index in [1.165, 1.54) is 24.4 Å². The van der Waals surface area contributed by atoms with E-state index in [4.69, 9.17) is 4.42 Å². The van der Waals surface area contributed by atoms with Crippen LogP contribution in [0.15, 0.2) is 65.3 Å². The van der Waals surface area contributed by atoms with Crippen molar-refractivity contribution >= 4 is 28.8 Å². The van der Waals surface area contributed by atoms with Crippen molar-refractivity contribution in [2.45, 2.75) is 13.8 Å². The molecule has 1 amide bonds. The second-order valence-corrected chi connectivity index (χ2v) is 7.48. The van der Waals surface area contributed by atoms with Crippen molar-refractivity contribution in [1.29, 1.82) is 0 Å². The quantitative estimate of drug-likeness (QED) is 0.641. The lowest BCUT2D eigenvalue weighted by Crippen LogP contribution is -2.47. The second-order valence-electron chi connectivity index (χ2n) is 7.48. The molecule has 4 rings (SSSR count). The number of amides is 1. The zero-order valence-electron chi connectivity index (χ0n) is 17.2. The Kier molecular flexibility index (Phi) is 5.57. The summed E-state index contributed by atoms with van der Waals surface area (Å²) in [6.07, 6.45) is 1.46. The molecule has 1 aromatic heterocycles. The van der Waals surface area contributed by atoms with Gasteiger partial charge in [0.15, 0.2) is 11.5 Å². The summed E-state index contributed by atoms with van der Waals surface area (Å²) in [5, 5.41) is 2.92. The molecule has 1 saturated heterocycles. The Bertz CT molecular complexity index is 1050. The van der Waals surface area contributed by atoms with Crippen LogP contribution < -0.4 is 15.1 Å². The Hall–Kier alpha value is -3.54. The number of aryl methyl sites for hydroxylation is 1. The van der Waals surface area contributed by atoms with Gasteiger partial charge < -0.3 is 19.5 Å². The third-order valence-electron chi connectivity index (χ3n) is 5.47. The van der Waals surface area contributed by atoms with Gasteiger partial charge in [-0.1, -0.05) is 18.2 Å². The monoisotopic (exact) mass is 403 g/mol. The Morgan fingerprint density at radius 3 is 2.23 bits per heavy atom. The van der Waals surface area contributed by atoms with Crippen molar-refractivity contribution in [3.63, 3.8) is 0 Å². The Morgan fingerprint density at radius 2 is 1.60 bits per heavy atom. The lowest BCUT2D eigenvalue weighted by Gasteiger charge is -2.38. The summed E-state index contributed by atoms with van der Waals surface area (Å²) in [5.74, 6) is -0.140. The molecule has 0 aliphatic carbocycles. The maximum Gasteiger partial charge on any atom is 0.291 e. The Labute approximate surface area is 176 Å². The highest BCUT2D eigenvalue weighted by Crippen LogP contribution is 2.30. The van der Waals surface area contributed by atoms with Gasteiger partial charge in [-0.2, -0.15) is 0 Å². The summed E-state index contributed by atoms with van der Waals surface area (Å²) >= 11 is 0. The smallest absolute Gasteiger partial charge is 0.291 e. The first-order valence-electron chi connectivity index (χ1n) is 10.1. The molecule has 154 valence electrons. The molecule has 30 heavy (non-hydrogen) atoms. The number of Topliss-reactive ketones (excluding diaryl/α,β-unsaturated/α-hetero) is 1. The number of para-hydroxylation sites is 1. The molecule has 0 bridgehead atoms. The summed E-state index contributed by atoms with van der Waals surface area (Å²) in [4.78, 5) is 29.1. The normalized spacial score (nSPS) is 13.9. The topological polar surface area (TPSA) is 65.8 Å². The number of rotatable bonds is 5. The van der Waals surface area contributed by atoms with Crippen LogP contribution >= 0.6 is 0 Å². The average Bonchev–Trinajstić information content (AvgIpc) is 3.29. The van der Waals surface area contributed by atoms with Gasteiger partial charge in [-0.25, -0.2) is 0 Å². The molecule has 1 aliphatic heterocycles. The summed E-state index contributed by atoms with van der Waals surface area (Å²) in [7, 11) is 0. The van der Waals surface area contributed by atoms with Crippen LogP contribution in [0, 0.1) is 6.92 Å². The van der Waals surface area contributed by atoms with Gasteiger partial charge in [0.25, 0.3) is 5.91 Å². The minimum Gasteiger partial charge on any atom is -0.459 e. The van der Waals surface area contributed by atoms with Crippen LogP contribution in [0.4, 0.5) is 17.1 Å². The number of furan rings is 1. The number of carbonyl (C=O) groups is 2. The highest BCUT2D eigenvalue weighted by molar-refractivity contribution is 6.05. The van der Waals surface area contributed by atoms with Crippen LogP contribution in [0.3, 0.4) is 0 Å². The molecule has 1 aliphatic rings. The van der Waals surface area contributed by atoms with E-state index in [1.54, 1.807) is 18.2 Å². The lowest BCUT2D eigenvalue weighted by molar-refractivity contribution is 0.0992. The second kappa shape index (κ2) is 8.45. The number of hydrogen-bond acceptors (Lipinski definition) is 5. The van der Waals surface area contributed by atoms with E-state index >= 15 is 0 Å². The highest BCUT2D eigenvalue weighted by atomic mass is 16.3. The number of ketones is 1. The van der Waals surface area contributed by atoms with E-state index in [-0.39, 0.29) is 17.5 Å². The van der Waals surface area contributed by atoms with E-state index in [9.17, 15) is 9.59 Å². The molecule has 0 radical (unpaired) electrons. The first kappa shape index (κ1) is 19.8. The van der Waals surface area contributed by atoms with Gasteiger partial charge in [0.1, 0.15) is 0 Å². The molecule has 0 unspecified atom stereocenters. The summed E-state index contributed by atoms with van der Waals surface area (Å²) < 4.78 is 5.21. The molecule has 0 spiro atoms. The van der Waals surface area contributed by atoms with E-state index in [0.29, 0.717) is 11.3 Å². The van der Waals surface area contributed by atoms with Crippen molar-refractivity contribution in [1.82, 2.24) is 0 Å². The van der Waals surface area contributed by atoms with Crippen LogP contribution in [0.5, 0.6) is 0 Å². The number of hydrogen-bond donors (Lipinski definition) is 1. The molecule has 0 atom stereocenters. The van der Waals surface area contributed by atoms with Crippen LogP contribution in [-0.2, 0) is 0 Å². The van der Waals surface area contributed by atoms with Crippen LogP contribution in [0.2, 0.25) is 0 Å². The molecule has 6 nitrogen and oxygen atoms in total. The predicted molar refractivity (Wildman–Crippen MR) is 119 cm³/mol. The zero-order chi connectivity index (χ0) is 21.1. The number of nitrogens with zero attached hydrogens (tertiary/aromatic N) is 2. The maximum atomic E-state index is 12.5. The maximum absolute atomic E-state index is 12.5. The standard InChI is InChI=1S/C24H25N3O3/c1-17-6-3-4-7-21(17)26-11-13-27(14-12-26)22-10-9-19(18(2)28)16-20(22)25-24(29)23-8-5-15-30-23/h3-10,15-16H,11-14H2,1-2H3,(H,25,29). The molecule has 6 heteroatoms. The first-order chi connectivity index (χ1) is 14.5. The predicted octanol–water partition coefficient (Wildman–Crippen LogP) is 4.37. The fourth-order valence-corrected chi connectivity index (χ4v) is 3.83. The van der Waals surface area contributed by atoms with E-state index in [1.807, 2.05) is 12.1 Å². The van der Waals surface area contributed by atoms with Crippen molar-refractivity contribution in [2.24, 2.45) is 0 Å². The van der Waals surface area contributed by atoms with Crippen molar-refractivity contribution in [3.05, 3.63) is 77.7 Å². The first-order valence-corrected chi connectivity index (χ1v) is 10.1. The van der Waals surface area contributed by atoms with Crippen LogP contribution in [0.1, 0.15) is 33.4 Å². The third-order valence-corrected chi connectivity index (χ3v) is 5.47. The molecule has 3 aromatic rings. The van der Waals surface area contributed by atoms with Crippen molar-refractivity contribution in [2.75, 3.05) is 41.3 Å². The largest absolute Gasteiger partial charge is 0.459 e. The van der Waals surface area contributed by atoms with Gasteiger partial charge in [-0.3, -0.25) is 9.59 Å². The summed E-state index contributed by atoms with van der Waals surface area (Å²) in [6, 6.07) is 17.2. The minimum atomic E-state index is -0.333. The average molecular weight is 403 g/mol. The molecule has 1 fully saturated rings. The number of anilines is 3. The molecule has 1 N–H and O–H groups in total. The Balaban J connectivity index is 1.55. The molecule has 2 aromatic carbocycles. The number of benzene rings is 2. The molecular formula is C24H25N3O3. The molecule has 0 saturated carbocycles. The third kappa shape index (κ3) is 4.08. The van der Waals surface area contributed by atoms with Gasteiger partial charge in [0.2, 0.25) is 0 Å². The minimum absolute atomic E-state index is 0.0422. The van der Waals surface area contributed by atoms with Crippen molar-refractivity contribution in [3.8, 4) is 0 Å². The van der Waals surface area contributed by atoms with Gasteiger partial charge >= 0.3 is 0 Å². The van der Waals surface area contributed by atoms with Gasteiger partial charge in [-0.15, -0.1) is 0 Å². The zero-order valence-corrected chi connectivity index (χ0v) is 17.2. The highest BCUT2D eigenvalue weighted by Gasteiger charge is 2.22. The number of nitrogens with one attached hydrogen (secondary N) is 1. The SMILES string of the molecule is CC(=O)c1ccc(N2CCN(c3ccccc3C)CC2)c(NC(=O)c2ccco2)c1. The summed E-state index contributed by atoms with van der Waals surface area (Å²) in [6.45, 7) is 7.04. The van der Waals surface area contributed by atoms with E-state index in [2.05, 4.69) is 46.3 Å². The van der Waals surface area contributed by atoms with E-state index in [0.717, 1.165) is 31.9 Å². The fourth-order valence-electron chi connectivity index (χ4n) is 3.83. The Morgan fingerprint density at radius 1 is 0.900 bits per heavy atom. The van der Waals surface area contributed by atoms with Crippen LogP contribution in [-0.4, -0.2) is 37.9 Å².